The van der Waals surface area contributed by atoms with Gasteiger partial charge in [-0.1, -0.05) is 16.8 Å². The Morgan fingerprint density at radius 3 is 2.44 bits per heavy atom. The number of rotatable bonds is 13. The highest BCUT2D eigenvalue weighted by Gasteiger charge is 2.57. The van der Waals surface area contributed by atoms with Gasteiger partial charge >= 0.3 is 17.9 Å². The number of aromatic nitrogens is 1. The standard InChI is InChI=1S/C33H36ClN7O12S2/c1-41(15-3-4-16(41)8-14(7-15)36-27(46)17-5-6-19(42)26(45)22(17)34)10-13-11-54-30-24(29(48)40(30)25(13)32(51)52-2)38-28(47)23(18-12-55-33(35)37-18)39-53-20(31(49)50)9-21(43)44/h5-6,12,14-16,20,24,30H,3-4,7-11H2,1-2H3,(H7-,35,36,37,38,39,42,43,44,45,46,47,49,50)/p+1/t14-,15+,16-,20-,24+,30+,41?/m0/s1. The van der Waals surface area contributed by atoms with Gasteiger partial charge in [0.1, 0.15) is 29.4 Å². The Balaban J connectivity index is 1.17. The number of carboxylic acid groups (broad SMARTS) is 2. The van der Waals surface area contributed by atoms with Crippen LogP contribution in [0.4, 0.5) is 5.13 Å². The number of nitrogens with one attached hydrogen (secondary N) is 2. The fourth-order valence-electron chi connectivity index (χ4n) is 7.67. The van der Waals surface area contributed by atoms with Crippen LogP contribution < -0.4 is 16.4 Å². The second-order valence-electron chi connectivity index (χ2n) is 13.7. The number of piperidine rings is 1. The van der Waals surface area contributed by atoms with Gasteiger partial charge in [0.2, 0.25) is 6.10 Å². The summed E-state index contributed by atoms with van der Waals surface area (Å²) in [6.07, 6.45) is 0.0881. The summed E-state index contributed by atoms with van der Waals surface area (Å²) < 4.78 is 5.69. The molecule has 7 atom stereocenters. The highest BCUT2D eigenvalue weighted by atomic mass is 35.5. The summed E-state index contributed by atoms with van der Waals surface area (Å²) in [6.45, 7) is 0.416. The van der Waals surface area contributed by atoms with Crippen LogP contribution in [0.3, 0.4) is 0 Å². The number of phenols is 2. The van der Waals surface area contributed by atoms with Gasteiger partial charge in [-0.2, -0.15) is 0 Å². The van der Waals surface area contributed by atoms with E-state index in [-0.39, 0.29) is 45.2 Å². The van der Waals surface area contributed by atoms with E-state index in [1.807, 2.05) is 0 Å². The molecular weight excluding hydrogens is 786 g/mol. The number of benzene rings is 1. The maximum absolute atomic E-state index is 13.7. The summed E-state index contributed by atoms with van der Waals surface area (Å²) in [4.78, 5) is 86.5. The molecule has 0 aliphatic carbocycles. The van der Waals surface area contributed by atoms with Crippen LogP contribution in [-0.2, 0) is 33.5 Å². The number of carbonyl (C=O) groups is 6. The van der Waals surface area contributed by atoms with E-state index in [0.717, 1.165) is 24.2 Å². The van der Waals surface area contributed by atoms with Gasteiger partial charge in [0.25, 0.3) is 17.7 Å². The summed E-state index contributed by atoms with van der Waals surface area (Å²) >= 11 is 8.40. The number of phenolic OH excluding ortho intramolecular Hbond substituents is 2. The molecular formula is C33H37ClN7O12S2+. The summed E-state index contributed by atoms with van der Waals surface area (Å²) in [5.41, 5.74) is 5.88. The Morgan fingerprint density at radius 2 is 1.84 bits per heavy atom. The number of likely N-dealkylation sites (N-methyl/N-ethyl adjacent to an activating group) is 1. The summed E-state index contributed by atoms with van der Waals surface area (Å²) in [7, 11) is 3.30. The molecule has 55 heavy (non-hydrogen) atoms. The fourth-order valence-corrected chi connectivity index (χ4v) is 9.80. The van der Waals surface area contributed by atoms with Crippen LogP contribution in [0.2, 0.25) is 5.02 Å². The van der Waals surface area contributed by atoms with Crippen molar-refractivity contribution in [2.24, 2.45) is 5.16 Å². The number of nitrogens with zero attached hydrogens (tertiary/aromatic N) is 4. The molecule has 2 bridgehead atoms. The maximum atomic E-state index is 13.7. The van der Waals surface area contributed by atoms with Gasteiger partial charge in [-0.25, -0.2) is 14.6 Å². The molecule has 0 saturated carbocycles. The number of carbonyl (C=O) groups excluding carboxylic acids is 4. The van der Waals surface area contributed by atoms with Crippen LogP contribution >= 0.6 is 34.7 Å². The van der Waals surface area contributed by atoms with Gasteiger partial charge in [-0.3, -0.25) is 24.1 Å². The smallest absolute Gasteiger partial charge is 0.355 e. The number of hydrogen-bond donors (Lipinski definition) is 7. The molecule has 294 valence electrons. The number of nitrogen functional groups attached to an aromatic ring is 1. The van der Waals surface area contributed by atoms with Crippen molar-refractivity contribution in [2.45, 2.75) is 67.7 Å². The van der Waals surface area contributed by atoms with Crippen LogP contribution in [0.25, 0.3) is 0 Å². The van der Waals surface area contributed by atoms with Gasteiger partial charge in [-0.05, 0) is 12.1 Å². The minimum atomic E-state index is -1.93. The number of thiazole rings is 1. The molecule has 1 aromatic carbocycles. The number of aliphatic carboxylic acids is 2. The number of β-lactam (4-membered cyclic amide) rings is 1. The number of carboxylic acids is 2. The monoisotopic (exact) mass is 822 g/mol. The second kappa shape index (κ2) is 15.6. The van der Waals surface area contributed by atoms with Crippen molar-refractivity contribution in [3.8, 4) is 11.5 Å². The maximum Gasteiger partial charge on any atom is 0.355 e. The van der Waals surface area contributed by atoms with Gasteiger partial charge in [0.15, 0.2) is 22.3 Å². The van der Waals surface area contributed by atoms with E-state index in [9.17, 15) is 44.1 Å². The molecule has 3 fully saturated rings. The third-order valence-corrected chi connectivity index (χ3v) is 12.8. The summed E-state index contributed by atoms with van der Waals surface area (Å²) in [6, 6.07) is 1.38. The quantitative estimate of drug-likeness (QED) is 0.0368. The van der Waals surface area contributed by atoms with E-state index in [4.69, 9.17) is 32.0 Å². The van der Waals surface area contributed by atoms with E-state index in [2.05, 4.69) is 27.8 Å². The largest absolute Gasteiger partial charge is 0.504 e. The topological polar surface area (TPSA) is 280 Å². The Hall–Kier alpha value is -5.12. The molecule has 0 radical (unpaired) electrons. The summed E-state index contributed by atoms with van der Waals surface area (Å²) in [5.74, 6) is -6.59. The molecule has 6 rings (SSSR count). The van der Waals surface area contributed by atoms with Gasteiger partial charge in [-0.15, -0.1) is 23.1 Å². The lowest BCUT2D eigenvalue weighted by molar-refractivity contribution is -0.944. The molecule has 0 spiro atoms. The first-order valence-corrected chi connectivity index (χ1v) is 19.2. The molecule has 19 nitrogen and oxygen atoms in total. The number of ether oxygens (including phenoxy) is 1. The first kappa shape index (κ1) is 39.6. The number of oxime groups is 1. The zero-order valence-corrected chi connectivity index (χ0v) is 31.7. The molecule has 2 aromatic rings. The number of halogens is 1. The van der Waals surface area contributed by atoms with Crippen molar-refractivity contribution in [1.29, 1.82) is 0 Å². The average Bonchev–Trinajstić information content (AvgIpc) is 3.60. The van der Waals surface area contributed by atoms with Crippen LogP contribution in [0, 0.1) is 0 Å². The molecule has 4 aliphatic heterocycles. The highest BCUT2D eigenvalue weighted by molar-refractivity contribution is 8.00. The van der Waals surface area contributed by atoms with Crippen LogP contribution in [0.15, 0.2) is 33.9 Å². The van der Waals surface area contributed by atoms with Crippen molar-refractivity contribution < 1.29 is 63.3 Å². The van der Waals surface area contributed by atoms with Crippen molar-refractivity contribution in [2.75, 3.05) is 32.2 Å². The average molecular weight is 823 g/mol. The lowest BCUT2D eigenvalue weighted by atomic mass is 9.92. The number of fused-ring (bicyclic) bond motifs is 3. The van der Waals surface area contributed by atoms with Crippen molar-refractivity contribution in [1.82, 2.24) is 20.5 Å². The molecule has 1 unspecified atom stereocenters. The Morgan fingerprint density at radius 1 is 1.15 bits per heavy atom. The number of esters is 1. The Bertz CT molecular complexity index is 2010. The van der Waals surface area contributed by atoms with E-state index in [0.29, 0.717) is 35.2 Å². The number of amides is 3. The lowest BCUT2D eigenvalue weighted by Crippen LogP contribution is -2.71. The molecule has 3 saturated heterocycles. The van der Waals surface area contributed by atoms with Crippen LogP contribution in [-0.4, -0.2) is 138 Å². The second-order valence-corrected chi connectivity index (χ2v) is 16.0. The molecule has 3 amide bonds. The third kappa shape index (κ3) is 7.60. The normalized spacial score (nSPS) is 26.4. The number of aromatic hydroxyl groups is 2. The lowest BCUT2D eigenvalue weighted by Gasteiger charge is -2.52. The Labute approximate surface area is 325 Å². The van der Waals surface area contributed by atoms with Crippen LogP contribution in [0.5, 0.6) is 11.5 Å². The predicted octanol–water partition coefficient (Wildman–Crippen LogP) is 0.836. The van der Waals surface area contributed by atoms with Gasteiger partial charge < -0.3 is 50.9 Å². The van der Waals surface area contributed by atoms with Gasteiger partial charge in [0.05, 0.1) is 43.2 Å². The van der Waals surface area contributed by atoms with E-state index in [1.54, 1.807) is 0 Å². The highest BCUT2D eigenvalue weighted by Crippen LogP contribution is 2.46. The zero-order chi connectivity index (χ0) is 39.9. The number of hydrogen-bond acceptors (Lipinski definition) is 15. The SMILES string of the molecule is COC(=O)C1=C(C[N+]2(C)[C@@H]3CC[C@H]2C[C@@H](NC(=O)c2ccc(O)c(O)c2Cl)C3)CS[C@@H]2[C@H](NC(=O)/C(=N\O[C@@H](CC(=O)O)C(=O)O)c3csc(N)n3)C(=O)N12. The van der Waals surface area contributed by atoms with E-state index < -0.39 is 76.8 Å². The van der Waals surface area contributed by atoms with Crippen molar-refractivity contribution in [3.05, 3.63) is 45.1 Å². The van der Waals surface area contributed by atoms with Crippen molar-refractivity contribution >= 4 is 81.2 Å². The minimum absolute atomic E-state index is 0.0368. The first-order valence-electron chi connectivity index (χ1n) is 16.9. The molecule has 5 heterocycles. The molecule has 8 N–H and O–H groups in total. The van der Waals surface area contributed by atoms with Crippen LogP contribution in [0.1, 0.15) is 48.2 Å². The van der Waals surface area contributed by atoms with Gasteiger partial charge in [0, 0.05) is 48.4 Å². The molecule has 1 aromatic heterocycles. The van der Waals surface area contributed by atoms with E-state index in [1.165, 1.54) is 41.3 Å². The zero-order valence-electron chi connectivity index (χ0n) is 29.3. The number of thioether (sulfide) groups is 1. The molecule has 4 aliphatic rings. The third-order valence-electron chi connectivity index (χ3n) is 10.4. The fraction of sp³-hybridized carbons (Fsp3) is 0.455. The Kier molecular flexibility index (Phi) is 11.2. The number of anilines is 1. The number of nitrogens with two attached hydrogens (primary N) is 1. The minimum Gasteiger partial charge on any atom is -0.504 e. The number of methoxy groups -OCH3 is 1. The first-order chi connectivity index (χ1) is 26.0. The summed E-state index contributed by atoms with van der Waals surface area (Å²) in [5, 5.41) is 47.7. The van der Waals surface area contributed by atoms with E-state index >= 15 is 0 Å². The predicted molar refractivity (Wildman–Crippen MR) is 195 cm³/mol. The van der Waals surface area contributed by atoms with Crippen molar-refractivity contribution in [3.63, 3.8) is 0 Å². The molecule has 22 heteroatoms. The number of quaternary nitrogens is 1.